The molecule has 0 aromatic rings. The quantitative estimate of drug-likeness (QED) is 0.379. The lowest BCUT2D eigenvalue weighted by molar-refractivity contribution is 0.111. The molecule has 0 fully saturated rings. The van der Waals surface area contributed by atoms with Crippen LogP contribution in [0.15, 0.2) is 12.2 Å². The van der Waals surface area contributed by atoms with Crippen LogP contribution in [0.3, 0.4) is 0 Å². The van der Waals surface area contributed by atoms with Gasteiger partial charge in [0.25, 0.3) is 0 Å². The molecule has 0 saturated heterocycles. The first-order chi connectivity index (χ1) is 6.10. The molecule has 78 valence electrons. The predicted molar refractivity (Wildman–Crippen MR) is 63.1 cm³/mol. The summed E-state index contributed by atoms with van der Waals surface area (Å²) in [6.45, 7) is 8.74. The number of hydrogen-bond acceptors (Lipinski definition) is 1. The molecule has 0 aromatic carbocycles. The first-order valence-electron chi connectivity index (χ1n) is 5.01. The summed E-state index contributed by atoms with van der Waals surface area (Å²) in [6.07, 6.45) is 6.18. The van der Waals surface area contributed by atoms with E-state index in [9.17, 15) is 0 Å². The van der Waals surface area contributed by atoms with Crippen molar-refractivity contribution in [2.24, 2.45) is 0 Å². The Bertz CT molecular complexity index is 153. The number of halogens is 1. The van der Waals surface area contributed by atoms with Crippen LogP contribution in [0.1, 0.15) is 26.7 Å². The first kappa shape index (κ1) is 13.2. The summed E-state index contributed by atoms with van der Waals surface area (Å²) in [5.74, 6) is 0.574. The van der Waals surface area contributed by atoms with Crippen LogP contribution in [0.25, 0.3) is 0 Å². The summed E-state index contributed by atoms with van der Waals surface area (Å²) in [6, 6.07) is 0. The average molecular weight is 221 g/mol. The van der Waals surface area contributed by atoms with Gasteiger partial charge < -0.3 is 4.43 Å². The molecule has 0 saturated carbocycles. The standard InChI is InChI=1S/C10H21ClOSi/c1-5-10(6-2,8-7-9-11)12-13(3)4/h7-8,13H,5-6,9H2,1-4H3. The van der Waals surface area contributed by atoms with Crippen LogP contribution >= 0.6 is 11.6 Å². The van der Waals surface area contributed by atoms with Crippen LogP contribution in [-0.2, 0) is 4.43 Å². The van der Waals surface area contributed by atoms with Crippen molar-refractivity contribution in [3.05, 3.63) is 12.2 Å². The summed E-state index contributed by atoms with van der Waals surface area (Å²) in [5, 5.41) is 0. The normalized spacial score (nSPS) is 13.1. The van der Waals surface area contributed by atoms with Crippen molar-refractivity contribution in [1.29, 1.82) is 0 Å². The Balaban J connectivity index is 4.39. The Morgan fingerprint density at radius 2 is 1.85 bits per heavy atom. The summed E-state index contributed by atoms with van der Waals surface area (Å²) in [4.78, 5) is 0. The molecule has 0 heterocycles. The maximum Gasteiger partial charge on any atom is 0.172 e. The van der Waals surface area contributed by atoms with Crippen molar-refractivity contribution >= 4 is 20.6 Å². The molecule has 0 rings (SSSR count). The monoisotopic (exact) mass is 220 g/mol. The van der Waals surface area contributed by atoms with Gasteiger partial charge in [0.2, 0.25) is 0 Å². The van der Waals surface area contributed by atoms with Gasteiger partial charge in [0.05, 0.1) is 5.60 Å². The van der Waals surface area contributed by atoms with E-state index >= 15 is 0 Å². The zero-order valence-corrected chi connectivity index (χ0v) is 11.1. The van der Waals surface area contributed by atoms with E-state index in [1.807, 2.05) is 6.08 Å². The summed E-state index contributed by atoms with van der Waals surface area (Å²) in [5.41, 5.74) is -0.0464. The van der Waals surface area contributed by atoms with Gasteiger partial charge in [-0.05, 0) is 25.9 Å². The van der Waals surface area contributed by atoms with Crippen molar-refractivity contribution in [1.82, 2.24) is 0 Å². The van der Waals surface area contributed by atoms with Gasteiger partial charge in [0, 0.05) is 5.88 Å². The summed E-state index contributed by atoms with van der Waals surface area (Å²) < 4.78 is 6.03. The van der Waals surface area contributed by atoms with Gasteiger partial charge in [-0.1, -0.05) is 26.0 Å². The molecule has 0 atom stereocenters. The number of hydrogen-bond donors (Lipinski definition) is 0. The highest BCUT2D eigenvalue weighted by Gasteiger charge is 2.24. The summed E-state index contributed by atoms with van der Waals surface area (Å²) in [7, 11) is -0.968. The molecule has 3 heteroatoms. The maximum absolute atomic E-state index is 6.03. The number of rotatable bonds is 6. The average Bonchev–Trinajstić information content (AvgIpc) is 2.12. The smallest absolute Gasteiger partial charge is 0.172 e. The minimum absolute atomic E-state index is 0.0464. The highest BCUT2D eigenvalue weighted by molar-refractivity contribution is 6.48. The van der Waals surface area contributed by atoms with Gasteiger partial charge in [-0.15, -0.1) is 11.6 Å². The number of allylic oxidation sites excluding steroid dienone is 1. The van der Waals surface area contributed by atoms with Crippen LogP contribution in [0.4, 0.5) is 0 Å². The fraction of sp³-hybridized carbons (Fsp3) is 0.800. The molecule has 0 aromatic heterocycles. The third kappa shape index (κ3) is 4.84. The van der Waals surface area contributed by atoms with Crippen molar-refractivity contribution in [2.45, 2.75) is 45.4 Å². The molecule has 0 aliphatic heterocycles. The lowest BCUT2D eigenvalue weighted by Gasteiger charge is -2.31. The van der Waals surface area contributed by atoms with Crippen molar-refractivity contribution in [3.63, 3.8) is 0 Å². The maximum atomic E-state index is 6.03. The largest absolute Gasteiger partial charge is 0.412 e. The van der Waals surface area contributed by atoms with E-state index in [1.54, 1.807) is 0 Å². The topological polar surface area (TPSA) is 9.23 Å². The molecule has 0 amide bonds. The minimum atomic E-state index is -0.968. The minimum Gasteiger partial charge on any atom is -0.412 e. The zero-order chi connectivity index (χ0) is 10.3. The lowest BCUT2D eigenvalue weighted by Crippen LogP contribution is -2.33. The molecule has 0 radical (unpaired) electrons. The van der Waals surface area contributed by atoms with Gasteiger partial charge in [0.1, 0.15) is 0 Å². The highest BCUT2D eigenvalue weighted by atomic mass is 35.5. The molecule has 1 nitrogen and oxygen atoms in total. The second-order valence-corrected chi connectivity index (χ2v) is 6.14. The van der Waals surface area contributed by atoms with Gasteiger partial charge >= 0.3 is 0 Å². The zero-order valence-electron chi connectivity index (χ0n) is 9.14. The molecule has 0 aliphatic carbocycles. The SMILES string of the molecule is CCC(C=CCCl)(CC)O[SiH](C)C. The lowest BCUT2D eigenvalue weighted by atomic mass is 9.97. The molecule has 0 N–H and O–H groups in total. The third-order valence-corrected chi connectivity index (χ3v) is 3.30. The van der Waals surface area contributed by atoms with E-state index in [0.717, 1.165) is 12.8 Å². The Kier molecular flexibility index (Phi) is 6.74. The Morgan fingerprint density at radius 3 is 2.15 bits per heavy atom. The summed E-state index contributed by atoms with van der Waals surface area (Å²) >= 11 is 5.63. The molecule has 0 spiro atoms. The first-order valence-corrected chi connectivity index (χ1v) is 8.33. The van der Waals surface area contributed by atoms with Gasteiger partial charge in [-0.25, -0.2) is 0 Å². The second-order valence-electron chi connectivity index (χ2n) is 3.50. The van der Waals surface area contributed by atoms with Gasteiger partial charge in [-0.2, -0.15) is 0 Å². The third-order valence-electron chi connectivity index (χ3n) is 2.18. The van der Waals surface area contributed by atoms with E-state index in [4.69, 9.17) is 16.0 Å². The van der Waals surface area contributed by atoms with E-state index in [-0.39, 0.29) is 5.60 Å². The molecule has 0 aliphatic rings. The van der Waals surface area contributed by atoms with Crippen LogP contribution < -0.4 is 0 Å². The molecule has 0 unspecified atom stereocenters. The molecular formula is C10H21ClOSi. The van der Waals surface area contributed by atoms with E-state index in [2.05, 4.69) is 33.0 Å². The molecular weight excluding hydrogens is 200 g/mol. The molecule has 13 heavy (non-hydrogen) atoms. The van der Waals surface area contributed by atoms with E-state index in [0.29, 0.717) is 5.88 Å². The fourth-order valence-corrected chi connectivity index (χ4v) is 2.86. The predicted octanol–water partition coefficient (Wildman–Crippen LogP) is 3.34. The number of alkyl halides is 1. The van der Waals surface area contributed by atoms with E-state index < -0.39 is 9.04 Å². The molecule has 0 bridgehead atoms. The Labute approximate surface area is 88.9 Å². The van der Waals surface area contributed by atoms with Crippen LogP contribution in [0.5, 0.6) is 0 Å². The highest BCUT2D eigenvalue weighted by Crippen LogP contribution is 2.23. The van der Waals surface area contributed by atoms with Crippen LogP contribution in [0.2, 0.25) is 13.1 Å². The van der Waals surface area contributed by atoms with E-state index in [1.165, 1.54) is 0 Å². The van der Waals surface area contributed by atoms with Gasteiger partial charge in [0.15, 0.2) is 9.04 Å². The van der Waals surface area contributed by atoms with Crippen molar-refractivity contribution in [3.8, 4) is 0 Å². The van der Waals surface area contributed by atoms with Crippen LogP contribution in [-0.4, -0.2) is 20.5 Å². The second kappa shape index (κ2) is 6.63. The Morgan fingerprint density at radius 1 is 1.31 bits per heavy atom. The van der Waals surface area contributed by atoms with Gasteiger partial charge in [-0.3, -0.25) is 0 Å². The van der Waals surface area contributed by atoms with Crippen LogP contribution in [0, 0.1) is 0 Å². The fourth-order valence-electron chi connectivity index (χ4n) is 1.42. The van der Waals surface area contributed by atoms with Crippen molar-refractivity contribution < 1.29 is 4.43 Å². The van der Waals surface area contributed by atoms with Crippen molar-refractivity contribution in [2.75, 3.05) is 5.88 Å². The Hall–Kier alpha value is 0.207.